The summed E-state index contributed by atoms with van der Waals surface area (Å²) in [5.74, 6) is 1.55. The Morgan fingerprint density at radius 3 is 2.86 bits per heavy atom. The Hall–Kier alpha value is -0.725. The molecule has 0 atom stereocenters. The first kappa shape index (κ1) is 4.43. The molecule has 1 heterocycles. The second-order valence-corrected chi connectivity index (χ2v) is 1.17. The van der Waals surface area contributed by atoms with E-state index >= 15 is 0 Å². The van der Waals surface area contributed by atoms with Gasteiger partial charge >= 0.3 is 40.4 Å². The van der Waals surface area contributed by atoms with E-state index < -0.39 is 0 Å². The van der Waals surface area contributed by atoms with Crippen molar-refractivity contribution < 1.29 is 4.39 Å². The maximum absolute atomic E-state index is 11.8. The molecule has 0 aliphatic heterocycles. The summed E-state index contributed by atoms with van der Waals surface area (Å²) in [6.45, 7) is 1.35. The third-order valence-corrected chi connectivity index (χ3v) is 0.625. The van der Waals surface area contributed by atoms with Crippen molar-refractivity contribution in [3.63, 3.8) is 0 Å². The molecule has 0 amide bonds. The van der Waals surface area contributed by atoms with Gasteiger partial charge in [0, 0.05) is 0 Å². The normalized spacial score (nSPS) is 8.14. The SMILES string of the molecule is Fc1bccnc1. The van der Waals surface area contributed by atoms with E-state index in [0.29, 0.717) is 0 Å². The number of rotatable bonds is 0. The average Bonchev–Trinajstić information content (AvgIpc) is 1.69. The fraction of sp³-hybridized carbons (Fsp3) is 0. The third kappa shape index (κ3) is 1.07. The van der Waals surface area contributed by atoms with E-state index in [1.165, 1.54) is 19.3 Å². The van der Waals surface area contributed by atoms with E-state index in [1.54, 1.807) is 5.96 Å². The van der Waals surface area contributed by atoms with E-state index in [0.717, 1.165) is 0 Å². The Kier molecular flexibility index (Phi) is 1.15. The fourth-order valence-electron chi connectivity index (χ4n) is 0.342. The molecule has 1 aromatic heterocycles. The maximum atomic E-state index is 11.8. The van der Waals surface area contributed by atoms with Crippen molar-refractivity contribution in [1.29, 1.82) is 0 Å². The summed E-state index contributed by atoms with van der Waals surface area (Å²) in [6.07, 6.45) is 2.70. The number of hydrogen-bond acceptors (Lipinski definition) is 1. The summed E-state index contributed by atoms with van der Waals surface area (Å²) in [5.41, 5.74) is -0.289. The molecular formula is C4H3BFN. The first-order valence-electron chi connectivity index (χ1n) is 1.95. The molecule has 0 aliphatic rings. The Morgan fingerprint density at radius 2 is 2.57 bits per heavy atom. The molecule has 34 valence electrons. The van der Waals surface area contributed by atoms with Crippen molar-refractivity contribution in [2.45, 2.75) is 0 Å². The minimum absolute atomic E-state index is 0.289. The van der Waals surface area contributed by atoms with Crippen molar-refractivity contribution >= 4 is 6.91 Å². The molecule has 0 radical (unpaired) electrons. The Bertz CT molecular complexity index is 142. The van der Waals surface area contributed by atoms with Gasteiger partial charge in [-0.15, -0.1) is 0 Å². The minimum atomic E-state index is -0.289. The van der Waals surface area contributed by atoms with Crippen LogP contribution in [0.5, 0.6) is 0 Å². The molecule has 0 fully saturated rings. The van der Waals surface area contributed by atoms with Gasteiger partial charge in [0.05, 0.1) is 0 Å². The molecule has 1 aromatic rings. The molecule has 0 saturated carbocycles. The van der Waals surface area contributed by atoms with Crippen molar-refractivity contribution in [3.8, 4) is 0 Å². The monoisotopic (exact) mass is 95.0 g/mol. The van der Waals surface area contributed by atoms with Gasteiger partial charge in [0.2, 0.25) is 0 Å². The second kappa shape index (κ2) is 1.82. The van der Waals surface area contributed by atoms with Crippen LogP contribution in [0, 0.1) is 5.71 Å². The molecule has 0 unspecified atom stereocenters. The first-order chi connectivity index (χ1) is 3.39. The van der Waals surface area contributed by atoms with Crippen LogP contribution in [0.4, 0.5) is 4.39 Å². The number of halogens is 1. The Balaban J connectivity index is 3.02. The predicted octanol–water partition coefficient (Wildman–Crippen LogP) is 0.559. The van der Waals surface area contributed by atoms with E-state index in [2.05, 4.69) is 4.98 Å². The van der Waals surface area contributed by atoms with Crippen LogP contribution in [0.25, 0.3) is 0 Å². The summed E-state index contributed by atoms with van der Waals surface area (Å²) in [7, 11) is 0. The summed E-state index contributed by atoms with van der Waals surface area (Å²) in [6, 6.07) is 0. The molecule has 0 N–H and O–H groups in total. The van der Waals surface area contributed by atoms with Crippen LogP contribution in [-0.2, 0) is 0 Å². The van der Waals surface area contributed by atoms with Gasteiger partial charge in [-0.1, -0.05) is 0 Å². The molecule has 1 rings (SSSR count). The van der Waals surface area contributed by atoms with Crippen molar-refractivity contribution in [1.82, 2.24) is 4.98 Å². The molecule has 0 aliphatic carbocycles. The van der Waals surface area contributed by atoms with Crippen molar-refractivity contribution in [3.05, 3.63) is 24.1 Å². The quantitative estimate of drug-likeness (QED) is 0.458. The van der Waals surface area contributed by atoms with Gasteiger partial charge in [0.15, 0.2) is 0 Å². The van der Waals surface area contributed by atoms with Crippen molar-refractivity contribution in [2.24, 2.45) is 0 Å². The van der Waals surface area contributed by atoms with Gasteiger partial charge in [-0.25, -0.2) is 0 Å². The van der Waals surface area contributed by atoms with Crippen LogP contribution in [0.15, 0.2) is 18.4 Å². The van der Waals surface area contributed by atoms with Crippen LogP contribution >= 0.6 is 0 Å². The standard InChI is InChI=1S/C4H3BFN/c6-4-3-7-2-1-5-4/h1-3H. The van der Waals surface area contributed by atoms with Crippen LogP contribution in [0.3, 0.4) is 0 Å². The molecule has 0 saturated heterocycles. The average molecular weight is 94.9 g/mol. The van der Waals surface area contributed by atoms with Crippen LogP contribution in [0.1, 0.15) is 0 Å². The summed E-state index contributed by atoms with van der Waals surface area (Å²) in [5, 5.41) is 0. The van der Waals surface area contributed by atoms with Gasteiger partial charge in [-0.05, 0) is 0 Å². The Labute approximate surface area is 41.4 Å². The molecule has 7 heavy (non-hydrogen) atoms. The van der Waals surface area contributed by atoms with Crippen molar-refractivity contribution in [2.75, 3.05) is 0 Å². The van der Waals surface area contributed by atoms with E-state index in [-0.39, 0.29) is 5.71 Å². The molecule has 3 heteroatoms. The van der Waals surface area contributed by atoms with Gasteiger partial charge < -0.3 is 0 Å². The van der Waals surface area contributed by atoms with E-state index in [1.807, 2.05) is 0 Å². The topological polar surface area (TPSA) is 12.9 Å². The summed E-state index contributed by atoms with van der Waals surface area (Å²) >= 11 is 0. The van der Waals surface area contributed by atoms with Gasteiger partial charge in [-0.2, -0.15) is 0 Å². The Morgan fingerprint density at radius 1 is 1.71 bits per heavy atom. The summed E-state index contributed by atoms with van der Waals surface area (Å²) < 4.78 is 11.8. The third-order valence-electron chi connectivity index (χ3n) is 0.625. The zero-order valence-corrected chi connectivity index (χ0v) is 3.63. The summed E-state index contributed by atoms with van der Waals surface area (Å²) in [4.78, 5) is 3.51. The molecular weight excluding hydrogens is 91.9 g/mol. The molecule has 0 spiro atoms. The second-order valence-electron chi connectivity index (χ2n) is 1.17. The van der Waals surface area contributed by atoms with E-state index in [4.69, 9.17) is 0 Å². The predicted molar refractivity (Wildman–Crippen MR) is 25.5 cm³/mol. The van der Waals surface area contributed by atoms with Crippen LogP contribution < -0.4 is 0 Å². The number of nitrogens with zero attached hydrogens (tertiary/aromatic N) is 1. The van der Waals surface area contributed by atoms with Gasteiger partial charge in [0.1, 0.15) is 0 Å². The molecule has 0 bridgehead atoms. The van der Waals surface area contributed by atoms with Crippen LogP contribution in [0.2, 0.25) is 0 Å². The molecule has 0 aromatic carbocycles. The van der Waals surface area contributed by atoms with E-state index in [9.17, 15) is 4.39 Å². The molecule has 1 nitrogen and oxygen atoms in total. The van der Waals surface area contributed by atoms with Gasteiger partial charge in [-0.3, -0.25) is 0 Å². The number of aromatic nitrogens is 1. The first-order valence-corrected chi connectivity index (χ1v) is 1.95. The fourth-order valence-corrected chi connectivity index (χ4v) is 0.342. The van der Waals surface area contributed by atoms with Gasteiger partial charge in [0.25, 0.3) is 0 Å². The zero-order valence-electron chi connectivity index (χ0n) is 3.63. The zero-order chi connectivity index (χ0) is 5.11. The van der Waals surface area contributed by atoms with Crippen LogP contribution in [-0.4, -0.2) is 11.9 Å². The number of hydrogen-bond donors (Lipinski definition) is 0.